The maximum Gasteiger partial charge on any atom is 0.281 e. The van der Waals surface area contributed by atoms with Crippen molar-refractivity contribution in [1.29, 1.82) is 0 Å². The van der Waals surface area contributed by atoms with Crippen LogP contribution >= 0.6 is 0 Å². The van der Waals surface area contributed by atoms with E-state index in [0.29, 0.717) is 37.1 Å². The first-order chi connectivity index (χ1) is 15.2. The number of nitrogens with zero attached hydrogens (tertiary/aromatic N) is 2. The molecule has 32 heavy (non-hydrogen) atoms. The first-order valence-corrected chi connectivity index (χ1v) is 11.9. The van der Waals surface area contributed by atoms with E-state index in [-0.39, 0.29) is 24.8 Å². The van der Waals surface area contributed by atoms with Crippen LogP contribution in [0.25, 0.3) is 0 Å². The number of para-hydroxylation sites is 1. The van der Waals surface area contributed by atoms with Crippen molar-refractivity contribution in [2.45, 2.75) is 24.7 Å². The van der Waals surface area contributed by atoms with E-state index < -0.39 is 15.6 Å². The van der Waals surface area contributed by atoms with Crippen molar-refractivity contribution in [2.24, 2.45) is 0 Å². The van der Waals surface area contributed by atoms with Crippen LogP contribution in [0.15, 0.2) is 48.5 Å². The summed E-state index contributed by atoms with van der Waals surface area (Å²) in [5.74, 6) is -0.186. The van der Waals surface area contributed by atoms with Crippen LogP contribution in [0.5, 0.6) is 5.75 Å². The van der Waals surface area contributed by atoms with Gasteiger partial charge in [-0.25, -0.2) is 4.39 Å². The minimum Gasteiger partial charge on any atom is -0.496 e. The number of benzene rings is 2. The Morgan fingerprint density at radius 1 is 1.16 bits per heavy atom. The molecule has 0 radical (unpaired) electrons. The van der Waals surface area contributed by atoms with Crippen molar-refractivity contribution in [3.8, 4) is 5.75 Å². The molecular weight excluding hydrogens is 433 g/mol. The highest BCUT2D eigenvalue weighted by molar-refractivity contribution is 7.86. The summed E-state index contributed by atoms with van der Waals surface area (Å²) in [4.78, 5) is 12.9. The van der Waals surface area contributed by atoms with Crippen molar-refractivity contribution in [3.63, 3.8) is 0 Å². The van der Waals surface area contributed by atoms with E-state index >= 15 is 0 Å². The Labute approximate surface area is 189 Å². The van der Waals surface area contributed by atoms with E-state index in [1.807, 2.05) is 6.07 Å². The first kappa shape index (κ1) is 24.2. The molecule has 9 heteroatoms. The van der Waals surface area contributed by atoms with Gasteiger partial charge in [-0.2, -0.15) is 17.0 Å². The number of ether oxygens (including phenoxy) is 1. The second-order valence-corrected chi connectivity index (χ2v) is 10.4. The van der Waals surface area contributed by atoms with E-state index in [1.54, 1.807) is 30.3 Å². The molecule has 7 nitrogen and oxygen atoms in total. The molecule has 1 atom stereocenters. The summed E-state index contributed by atoms with van der Waals surface area (Å²) in [5, 5.41) is 2.99. The summed E-state index contributed by atoms with van der Waals surface area (Å²) in [5.41, 5.74) is 0.563. The normalized spacial score (nSPS) is 20.0. The smallest absolute Gasteiger partial charge is 0.281 e. The fourth-order valence-corrected chi connectivity index (χ4v) is 5.34. The van der Waals surface area contributed by atoms with Gasteiger partial charge in [-0.1, -0.05) is 24.3 Å². The first-order valence-electron chi connectivity index (χ1n) is 10.5. The number of carbonyl (C=O) groups excluding carboxylic acids is 1. The molecule has 1 heterocycles. The van der Waals surface area contributed by atoms with Crippen LogP contribution in [-0.4, -0.2) is 63.8 Å². The zero-order chi connectivity index (χ0) is 23.4. The molecule has 0 spiro atoms. The lowest BCUT2D eigenvalue weighted by molar-refractivity contribution is 0.0937. The Morgan fingerprint density at radius 2 is 1.91 bits per heavy atom. The Bertz CT molecular complexity index is 1060. The standard InChI is InChI=1S/C23H30FN3O4S/c1-26(2)32(29,30)27-14-7-12-23(13-15-27,18-8-6-9-19(24)16-18)17-25-22(28)20-10-4-5-11-21(20)31-3/h4-6,8-11,16H,7,12-15,17H2,1-3H3,(H,25,28). The molecule has 0 saturated carbocycles. The molecule has 1 aliphatic rings. The van der Waals surface area contributed by atoms with Gasteiger partial charge in [0.05, 0.1) is 12.7 Å². The van der Waals surface area contributed by atoms with Crippen LogP contribution < -0.4 is 10.1 Å². The molecule has 1 N–H and O–H groups in total. The summed E-state index contributed by atoms with van der Waals surface area (Å²) in [6, 6.07) is 13.3. The van der Waals surface area contributed by atoms with Gasteiger partial charge in [0.2, 0.25) is 0 Å². The highest BCUT2D eigenvalue weighted by Crippen LogP contribution is 2.36. The van der Waals surface area contributed by atoms with Crippen molar-refractivity contribution in [1.82, 2.24) is 13.9 Å². The molecule has 1 aliphatic heterocycles. The van der Waals surface area contributed by atoms with Crippen LogP contribution in [0, 0.1) is 5.82 Å². The van der Waals surface area contributed by atoms with Crippen LogP contribution in [0.1, 0.15) is 35.2 Å². The van der Waals surface area contributed by atoms with Gasteiger partial charge < -0.3 is 10.1 Å². The van der Waals surface area contributed by atoms with E-state index in [2.05, 4.69) is 5.32 Å². The van der Waals surface area contributed by atoms with Gasteiger partial charge in [0.15, 0.2) is 0 Å². The second kappa shape index (κ2) is 9.97. The monoisotopic (exact) mass is 463 g/mol. The number of hydrogen-bond donors (Lipinski definition) is 1. The Kier molecular flexibility index (Phi) is 7.53. The summed E-state index contributed by atoms with van der Waals surface area (Å²) >= 11 is 0. The third-order valence-electron chi connectivity index (χ3n) is 6.07. The summed E-state index contributed by atoms with van der Waals surface area (Å²) in [6.45, 7) is 0.906. The number of rotatable bonds is 7. The van der Waals surface area contributed by atoms with Crippen LogP contribution in [0.2, 0.25) is 0 Å². The lowest BCUT2D eigenvalue weighted by atomic mass is 9.74. The molecule has 0 bridgehead atoms. The minimum absolute atomic E-state index is 0.253. The largest absolute Gasteiger partial charge is 0.496 e. The van der Waals surface area contributed by atoms with Crippen molar-refractivity contribution in [3.05, 3.63) is 65.5 Å². The lowest BCUT2D eigenvalue weighted by Crippen LogP contribution is -2.43. The van der Waals surface area contributed by atoms with Crippen LogP contribution in [-0.2, 0) is 15.6 Å². The number of carbonyl (C=O) groups is 1. The SMILES string of the molecule is COc1ccccc1C(=O)NCC1(c2cccc(F)c2)CCCN(S(=O)(=O)N(C)C)CC1. The number of nitrogens with one attached hydrogen (secondary N) is 1. The fraction of sp³-hybridized carbons (Fsp3) is 0.435. The molecule has 3 rings (SSSR count). The number of methoxy groups -OCH3 is 1. The molecule has 2 aromatic rings. The van der Waals surface area contributed by atoms with Crippen molar-refractivity contribution >= 4 is 16.1 Å². The third-order valence-corrected chi connectivity index (χ3v) is 8.01. The third kappa shape index (κ3) is 5.11. The Morgan fingerprint density at radius 3 is 2.59 bits per heavy atom. The zero-order valence-corrected chi connectivity index (χ0v) is 19.5. The molecule has 0 aliphatic carbocycles. The lowest BCUT2D eigenvalue weighted by Gasteiger charge is -2.34. The summed E-state index contributed by atoms with van der Waals surface area (Å²) in [6.07, 6.45) is 1.66. The minimum atomic E-state index is -3.56. The number of amides is 1. The van der Waals surface area contributed by atoms with E-state index in [0.717, 1.165) is 5.56 Å². The highest BCUT2D eigenvalue weighted by atomic mass is 32.2. The molecule has 2 aromatic carbocycles. The second-order valence-electron chi connectivity index (χ2n) is 8.22. The number of halogens is 1. The predicted octanol–water partition coefficient (Wildman–Crippen LogP) is 2.79. The van der Waals surface area contributed by atoms with Crippen LogP contribution in [0.3, 0.4) is 0 Å². The van der Waals surface area contributed by atoms with Gasteiger partial charge in [-0.3, -0.25) is 4.79 Å². The molecule has 1 unspecified atom stereocenters. The van der Waals surface area contributed by atoms with Crippen molar-refractivity contribution in [2.75, 3.05) is 40.8 Å². The summed E-state index contributed by atoms with van der Waals surface area (Å²) < 4.78 is 47.4. The average Bonchev–Trinajstić information content (AvgIpc) is 3.01. The topological polar surface area (TPSA) is 79.0 Å². The maximum atomic E-state index is 14.1. The number of hydrogen-bond acceptors (Lipinski definition) is 4. The average molecular weight is 464 g/mol. The molecule has 0 aromatic heterocycles. The van der Waals surface area contributed by atoms with Crippen LogP contribution in [0.4, 0.5) is 4.39 Å². The summed E-state index contributed by atoms with van der Waals surface area (Å²) in [7, 11) is 0.962. The Hall–Kier alpha value is -2.49. The van der Waals surface area contributed by atoms with Gasteiger partial charge >= 0.3 is 0 Å². The Balaban J connectivity index is 1.88. The van der Waals surface area contributed by atoms with Gasteiger partial charge in [-0.05, 0) is 49.1 Å². The quantitative estimate of drug-likeness (QED) is 0.685. The molecule has 1 saturated heterocycles. The predicted molar refractivity (Wildman–Crippen MR) is 121 cm³/mol. The highest BCUT2D eigenvalue weighted by Gasteiger charge is 2.38. The molecule has 174 valence electrons. The van der Waals surface area contributed by atoms with Gasteiger partial charge in [-0.15, -0.1) is 0 Å². The van der Waals surface area contributed by atoms with E-state index in [9.17, 15) is 17.6 Å². The van der Waals surface area contributed by atoms with E-state index in [4.69, 9.17) is 4.74 Å². The van der Waals surface area contributed by atoms with E-state index in [1.165, 1.54) is 41.9 Å². The fourth-order valence-electron chi connectivity index (χ4n) is 4.19. The van der Waals surface area contributed by atoms with Gasteiger partial charge in [0.1, 0.15) is 11.6 Å². The maximum absolute atomic E-state index is 14.1. The van der Waals surface area contributed by atoms with Gasteiger partial charge in [0, 0.05) is 39.1 Å². The molecular formula is C23H30FN3O4S. The zero-order valence-electron chi connectivity index (χ0n) is 18.7. The molecule has 1 amide bonds. The molecule has 1 fully saturated rings. The van der Waals surface area contributed by atoms with Crippen molar-refractivity contribution < 1.29 is 22.3 Å². The van der Waals surface area contributed by atoms with Gasteiger partial charge in [0.25, 0.3) is 16.1 Å².